The van der Waals surface area contributed by atoms with Gasteiger partial charge in [-0.2, -0.15) is 5.10 Å². The highest BCUT2D eigenvalue weighted by Crippen LogP contribution is 2.27. The molecule has 0 radical (unpaired) electrons. The van der Waals surface area contributed by atoms with Crippen molar-refractivity contribution in [3.05, 3.63) is 47.3 Å². The summed E-state index contributed by atoms with van der Waals surface area (Å²) in [7, 11) is 1.53. The van der Waals surface area contributed by atoms with Crippen molar-refractivity contribution in [3.63, 3.8) is 0 Å². The number of para-hydroxylation sites is 1. The molecule has 0 saturated carbocycles. The molecule has 122 valence electrons. The van der Waals surface area contributed by atoms with Crippen LogP contribution in [0.5, 0.6) is 0 Å². The zero-order chi connectivity index (χ0) is 16.2. The lowest BCUT2D eigenvalue weighted by Crippen LogP contribution is -2.43. The molecule has 23 heavy (non-hydrogen) atoms. The minimum absolute atomic E-state index is 0.211. The fraction of sp³-hybridized carbons (Fsp3) is 0.412. The van der Waals surface area contributed by atoms with Crippen LogP contribution in [0.2, 0.25) is 0 Å². The quantitative estimate of drug-likeness (QED) is 0.832. The average Bonchev–Trinajstić information content (AvgIpc) is 3.16. The number of nitrogens with two attached hydrogens (primary N) is 1. The van der Waals surface area contributed by atoms with Crippen LogP contribution in [0.4, 0.5) is 0 Å². The van der Waals surface area contributed by atoms with Crippen molar-refractivity contribution in [2.45, 2.75) is 31.8 Å². The number of ether oxygens (including phenoxy) is 1. The molecule has 1 aliphatic rings. The first-order valence-corrected chi connectivity index (χ1v) is 7.88. The van der Waals surface area contributed by atoms with Crippen molar-refractivity contribution in [3.8, 4) is 5.69 Å². The van der Waals surface area contributed by atoms with E-state index >= 15 is 0 Å². The predicted molar refractivity (Wildman–Crippen MR) is 87.3 cm³/mol. The van der Waals surface area contributed by atoms with Crippen LogP contribution < -0.4 is 11.1 Å². The van der Waals surface area contributed by atoms with Gasteiger partial charge in [0.1, 0.15) is 6.04 Å². The first-order valence-electron chi connectivity index (χ1n) is 7.88. The van der Waals surface area contributed by atoms with Crippen LogP contribution in [0.3, 0.4) is 0 Å². The van der Waals surface area contributed by atoms with E-state index in [2.05, 4.69) is 5.32 Å². The van der Waals surface area contributed by atoms with E-state index in [1.54, 1.807) is 0 Å². The fourth-order valence-electron chi connectivity index (χ4n) is 3.00. The lowest BCUT2D eigenvalue weighted by Gasteiger charge is -2.10. The Hall–Kier alpha value is -2.18. The number of carbonyl (C=O) groups is 1. The summed E-state index contributed by atoms with van der Waals surface area (Å²) in [6.07, 6.45) is 3.16. The molecule has 1 unspecified atom stereocenters. The Bertz CT molecular complexity index is 681. The van der Waals surface area contributed by atoms with Crippen molar-refractivity contribution in [2.75, 3.05) is 13.7 Å². The largest absolute Gasteiger partial charge is 0.383 e. The number of nitrogens with zero attached hydrogens (tertiary/aromatic N) is 2. The van der Waals surface area contributed by atoms with E-state index in [9.17, 15) is 4.79 Å². The Morgan fingerprint density at radius 2 is 2.17 bits per heavy atom. The minimum atomic E-state index is -0.649. The van der Waals surface area contributed by atoms with Gasteiger partial charge in [-0.1, -0.05) is 18.2 Å². The van der Waals surface area contributed by atoms with Crippen molar-refractivity contribution in [2.24, 2.45) is 5.73 Å². The van der Waals surface area contributed by atoms with Crippen molar-refractivity contribution >= 4 is 5.91 Å². The summed E-state index contributed by atoms with van der Waals surface area (Å²) in [5, 5.41) is 7.57. The summed E-state index contributed by atoms with van der Waals surface area (Å²) in [6, 6.07) is 9.44. The molecule has 1 atom stereocenters. The second-order valence-corrected chi connectivity index (χ2v) is 5.75. The maximum atomic E-state index is 11.9. The van der Waals surface area contributed by atoms with Gasteiger partial charge in [-0.3, -0.25) is 4.79 Å². The Kier molecular flexibility index (Phi) is 4.73. The maximum absolute atomic E-state index is 11.9. The van der Waals surface area contributed by atoms with Crippen LogP contribution in [0, 0.1) is 0 Å². The third-order valence-corrected chi connectivity index (χ3v) is 4.13. The molecule has 3 N–H and O–H groups in total. The van der Waals surface area contributed by atoms with E-state index in [1.807, 2.05) is 35.0 Å². The Morgan fingerprint density at radius 3 is 2.91 bits per heavy atom. The molecule has 6 heteroatoms. The van der Waals surface area contributed by atoms with Crippen LogP contribution in [0.1, 0.15) is 23.4 Å². The number of carbonyl (C=O) groups excluding carboxylic acids is 1. The van der Waals surface area contributed by atoms with Gasteiger partial charge in [0.2, 0.25) is 5.91 Å². The molecule has 0 bridgehead atoms. The summed E-state index contributed by atoms with van der Waals surface area (Å²) in [4.78, 5) is 11.9. The van der Waals surface area contributed by atoms with E-state index < -0.39 is 6.04 Å². The fourth-order valence-corrected chi connectivity index (χ4v) is 3.00. The average molecular weight is 314 g/mol. The number of aromatic nitrogens is 2. The first kappa shape index (κ1) is 15.7. The first-order chi connectivity index (χ1) is 11.2. The monoisotopic (exact) mass is 314 g/mol. The number of benzene rings is 1. The van der Waals surface area contributed by atoms with Gasteiger partial charge in [-0.15, -0.1) is 0 Å². The Labute approximate surface area is 135 Å². The van der Waals surface area contributed by atoms with Crippen LogP contribution in [0.15, 0.2) is 30.3 Å². The highest BCUT2D eigenvalue weighted by molar-refractivity contribution is 5.81. The minimum Gasteiger partial charge on any atom is -0.383 e. The van der Waals surface area contributed by atoms with Gasteiger partial charge in [0.25, 0.3) is 0 Å². The topological polar surface area (TPSA) is 82.2 Å². The van der Waals surface area contributed by atoms with E-state index in [0.717, 1.165) is 30.6 Å². The number of nitrogens with one attached hydrogen (secondary N) is 1. The number of methoxy groups -OCH3 is 1. The van der Waals surface area contributed by atoms with E-state index in [1.165, 1.54) is 18.4 Å². The van der Waals surface area contributed by atoms with Crippen molar-refractivity contribution < 1.29 is 9.53 Å². The third kappa shape index (κ3) is 3.28. The number of amides is 1. The molecule has 0 fully saturated rings. The van der Waals surface area contributed by atoms with Crippen LogP contribution in [-0.4, -0.2) is 35.4 Å². The van der Waals surface area contributed by atoms with E-state index in [-0.39, 0.29) is 12.5 Å². The van der Waals surface area contributed by atoms with Crippen LogP contribution in [-0.2, 0) is 28.9 Å². The third-order valence-electron chi connectivity index (χ3n) is 4.13. The second-order valence-electron chi connectivity index (χ2n) is 5.75. The molecular formula is C17H22N4O2. The summed E-state index contributed by atoms with van der Waals surface area (Å²) in [5.74, 6) is -0.215. The molecular weight excluding hydrogens is 292 g/mol. The normalized spacial score (nSPS) is 14.5. The molecule has 0 aliphatic heterocycles. The van der Waals surface area contributed by atoms with E-state index in [0.29, 0.717) is 6.54 Å². The highest BCUT2D eigenvalue weighted by atomic mass is 16.5. The van der Waals surface area contributed by atoms with Gasteiger partial charge in [0.15, 0.2) is 0 Å². The second kappa shape index (κ2) is 6.93. The Balaban J connectivity index is 1.78. The molecule has 6 nitrogen and oxygen atoms in total. The molecule has 0 saturated heterocycles. The van der Waals surface area contributed by atoms with Crippen molar-refractivity contribution in [1.29, 1.82) is 0 Å². The number of fused-ring (bicyclic) bond motifs is 1. The summed E-state index contributed by atoms with van der Waals surface area (Å²) >= 11 is 0. The molecule has 1 heterocycles. The molecule has 1 amide bonds. The molecule has 2 aromatic rings. The zero-order valence-corrected chi connectivity index (χ0v) is 13.3. The summed E-state index contributed by atoms with van der Waals surface area (Å²) in [5.41, 5.74) is 10.2. The zero-order valence-electron chi connectivity index (χ0n) is 13.3. The molecule has 1 aliphatic carbocycles. The maximum Gasteiger partial charge on any atom is 0.239 e. The highest BCUT2D eigenvalue weighted by Gasteiger charge is 2.23. The van der Waals surface area contributed by atoms with Gasteiger partial charge in [-0.05, 0) is 37.0 Å². The lowest BCUT2D eigenvalue weighted by atomic mass is 10.2. The standard InChI is InChI=1S/C17H22N4O2/c1-23-11-14(18)17(22)19-10-15-13-8-5-9-16(13)21(20-15)12-6-3-2-4-7-12/h2-4,6-7,14H,5,8-11,18H2,1H3,(H,19,22). The number of rotatable bonds is 6. The summed E-state index contributed by atoms with van der Waals surface area (Å²) in [6.45, 7) is 0.612. The smallest absolute Gasteiger partial charge is 0.239 e. The lowest BCUT2D eigenvalue weighted by molar-refractivity contribution is -0.123. The number of hydrogen-bond donors (Lipinski definition) is 2. The van der Waals surface area contributed by atoms with Crippen LogP contribution in [0.25, 0.3) is 5.69 Å². The van der Waals surface area contributed by atoms with Gasteiger partial charge in [0.05, 0.1) is 24.5 Å². The number of hydrogen-bond acceptors (Lipinski definition) is 4. The molecule has 3 rings (SSSR count). The SMILES string of the molecule is COCC(N)C(=O)NCc1nn(-c2ccccc2)c2c1CCC2. The van der Waals surface area contributed by atoms with Gasteiger partial charge in [0, 0.05) is 12.8 Å². The summed E-state index contributed by atoms with van der Waals surface area (Å²) < 4.78 is 6.91. The van der Waals surface area contributed by atoms with Crippen molar-refractivity contribution in [1.82, 2.24) is 15.1 Å². The molecule has 0 spiro atoms. The Morgan fingerprint density at radius 1 is 1.39 bits per heavy atom. The molecule has 1 aromatic heterocycles. The van der Waals surface area contributed by atoms with Crippen LogP contribution >= 0.6 is 0 Å². The van der Waals surface area contributed by atoms with Gasteiger partial charge >= 0.3 is 0 Å². The predicted octanol–water partition coefficient (Wildman–Crippen LogP) is 0.951. The van der Waals surface area contributed by atoms with E-state index in [4.69, 9.17) is 15.6 Å². The van der Waals surface area contributed by atoms with Gasteiger partial charge < -0.3 is 15.8 Å². The van der Waals surface area contributed by atoms with Gasteiger partial charge in [-0.25, -0.2) is 4.68 Å². The molecule has 1 aromatic carbocycles.